The van der Waals surface area contributed by atoms with Crippen LogP contribution in [0.15, 0.2) is 6.20 Å². The maximum Gasteiger partial charge on any atom is 0.339 e. The maximum atomic E-state index is 11.3. The first kappa shape index (κ1) is 14.5. The van der Waals surface area contributed by atoms with Crippen LogP contribution in [0, 0.1) is 0 Å². The van der Waals surface area contributed by atoms with E-state index in [1.807, 2.05) is 27.1 Å². The van der Waals surface area contributed by atoms with Crippen molar-refractivity contribution in [1.29, 1.82) is 0 Å². The number of carbonyl (C=O) groups is 1. The first-order valence-electron chi connectivity index (χ1n) is 5.86. The number of aliphatic hydroxyl groups is 1. The van der Waals surface area contributed by atoms with Gasteiger partial charge in [-0.1, -0.05) is 13.8 Å². The molecule has 102 valence electrons. The molecular weight excluding hydrogens is 234 g/mol. The largest absolute Gasteiger partial charge is 0.467 e. The van der Waals surface area contributed by atoms with Gasteiger partial charge in [-0.05, 0) is 12.8 Å². The van der Waals surface area contributed by atoms with Crippen LogP contribution in [0.4, 0.5) is 5.69 Å². The summed E-state index contributed by atoms with van der Waals surface area (Å²) in [6, 6.07) is 0. The zero-order valence-electron chi connectivity index (χ0n) is 11.5. The van der Waals surface area contributed by atoms with Gasteiger partial charge in [0.05, 0.1) is 25.0 Å². The summed E-state index contributed by atoms with van der Waals surface area (Å²) in [5.74, 6) is -0.401. The SMILES string of the molecule is COC(=O)C(C)(O)CNc1cn(C)nc1C(C)C. The third-order valence-corrected chi connectivity index (χ3v) is 2.65. The highest BCUT2D eigenvalue weighted by Gasteiger charge is 2.31. The molecule has 0 aliphatic heterocycles. The van der Waals surface area contributed by atoms with Gasteiger partial charge in [-0.25, -0.2) is 4.79 Å². The van der Waals surface area contributed by atoms with Crippen molar-refractivity contribution >= 4 is 11.7 Å². The lowest BCUT2D eigenvalue weighted by Crippen LogP contribution is -2.42. The topological polar surface area (TPSA) is 76.4 Å². The van der Waals surface area contributed by atoms with E-state index >= 15 is 0 Å². The van der Waals surface area contributed by atoms with Crippen molar-refractivity contribution in [3.63, 3.8) is 0 Å². The number of nitrogens with one attached hydrogen (secondary N) is 1. The second-order valence-corrected chi connectivity index (χ2v) is 4.88. The summed E-state index contributed by atoms with van der Waals surface area (Å²) in [6.45, 7) is 5.56. The van der Waals surface area contributed by atoms with Gasteiger partial charge in [0.1, 0.15) is 0 Å². The molecule has 18 heavy (non-hydrogen) atoms. The Balaban J connectivity index is 2.77. The van der Waals surface area contributed by atoms with Crippen molar-refractivity contribution in [2.45, 2.75) is 32.3 Å². The van der Waals surface area contributed by atoms with E-state index in [0.29, 0.717) is 0 Å². The first-order valence-corrected chi connectivity index (χ1v) is 5.86. The number of aryl methyl sites for hydroxylation is 1. The fourth-order valence-electron chi connectivity index (χ4n) is 1.63. The molecule has 1 unspecified atom stereocenters. The van der Waals surface area contributed by atoms with Gasteiger partial charge in [0.25, 0.3) is 0 Å². The number of methoxy groups -OCH3 is 1. The van der Waals surface area contributed by atoms with E-state index in [9.17, 15) is 9.90 Å². The Morgan fingerprint density at radius 3 is 2.78 bits per heavy atom. The summed E-state index contributed by atoms with van der Waals surface area (Å²) in [4.78, 5) is 11.3. The summed E-state index contributed by atoms with van der Waals surface area (Å²) in [5, 5.41) is 17.3. The molecule has 2 N–H and O–H groups in total. The van der Waals surface area contributed by atoms with Crippen LogP contribution >= 0.6 is 0 Å². The second kappa shape index (κ2) is 5.39. The van der Waals surface area contributed by atoms with Gasteiger partial charge < -0.3 is 15.2 Å². The lowest BCUT2D eigenvalue weighted by atomic mass is 10.1. The summed E-state index contributed by atoms with van der Waals surface area (Å²) in [6.07, 6.45) is 1.82. The molecule has 1 heterocycles. The Morgan fingerprint density at radius 1 is 1.67 bits per heavy atom. The number of esters is 1. The van der Waals surface area contributed by atoms with Crippen LogP contribution in [0.5, 0.6) is 0 Å². The molecule has 1 atom stereocenters. The smallest absolute Gasteiger partial charge is 0.339 e. The monoisotopic (exact) mass is 255 g/mol. The average molecular weight is 255 g/mol. The van der Waals surface area contributed by atoms with Crippen LogP contribution in [0.25, 0.3) is 0 Å². The number of hydrogen-bond donors (Lipinski definition) is 2. The van der Waals surface area contributed by atoms with E-state index in [2.05, 4.69) is 15.2 Å². The third-order valence-electron chi connectivity index (χ3n) is 2.65. The first-order chi connectivity index (χ1) is 8.27. The van der Waals surface area contributed by atoms with Gasteiger partial charge in [-0.15, -0.1) is 0 Å². The van der Waals surface area contributed by atoms with E-state index in [0.717, 1.165) is 11.4 Å². The van der Waals surface area contributed by atoms with Crippen molar-refractivity contribution in [3.05, 3.63) is 11.9 Å². The predicted molar refractivity (Wildman–Crippen MR) is 68.4 cm³/mol. The van der Waals surface area contributed by atoms with Crippen LogP contribution in [0.2, 0.25) is 0 Å². The normalized spacial score (nSPS) is 14.4. The molecule has 0 spiro atoms. The lowest BCUT2D eigenvalue weighted by molar-refractivity contribution is -0.158. The summed E-state index contributed by atoms with van der Waals surface area (Å²) >= 11 is 0. The zero-order chi connectivity index (χ0) is 13.9. The van der Waals surface area contributed by atoms with Crippen molar-refractivity contribution < 1.29 is 14.6 Å². The molecule has 6 nitrogen and oxygen atoms in total. The maximum absolute atomic E-state index is 11.3. The van der Waals surface area contributed by atoms with Crippen molar-refractivity contribution in [2.24, 2.45) is 7.05 Å². The van der Waals surface area contributed by atoms with Gasteiger partial charge in [-0.3, -0.25) is 4.68 Å². The number of rotatable bonds is 5. The Labute approximate surface area is 107 Å². The van der Waals surface area contributed by atoms with Crippen LogP contribution < -0.4 is 5.32 Å². The van der Waals surface area contributed by atoms with Crippen molar-refractivity contribution in [3.8, 4) is 0 Å². The predicted octanol–water partition coefficient (Wildman–Crippen LogP) is 0.879. The fourth-order valence-corrected chi connectivity index (χ4v) is 1.63. The molecular formula is C12H21N3O3. The molecule has 0 aliphatic rings. The highest BCUT2D eigenvalue weighted by atomic mass is 16.5. The minimum atomic E-state index is -1.56. The highest BCUT2D eigenvalue weighted by Crippen LogP contribution is 2.22. The third kappa shape index (κ3) is 3.22. The average Bonchev–Trinajstić information content (AvgIpc) is 2.67. The minimum absolute atomic E-state index is 0.0745. The van der Waals surface area contributed by atoms with E-state index < -0.39 is 11.6 Å². The second-order valence-electron chi connectivity index (χ2n) is 4.88. The van der Waals surface area contributed by atoms with E-state index in [1.165, 1.54) is 14.0 Å². The molecule has 0 saturated carbocycles. The van der Waals surface area contributed by atoms with Gasteiger partial charge in [-0.2, -0.15) is 5.10 Å². The van der Waals surface area contributed by atoms with E-state index in [-0.39, 0.29) is 12.5 Å². The van der Waals surface area contributed by atoms with Crippen molar-refractivity contribution in [1.82, 2.24) is 9.78 Å². The molecule has 6 heteroatoms. The molecule has 0 bridgehead atoms. The highest BCUT2D eigenvalue weighted by molar-refractivity contribution is 5.79. The molecule has 0 aliphatic carbocycles. The van der Waals surface area contributed by atoms with Gasteiger partial charge >= 0.3 is 5.97 Å². The summed E-state index contributed by atoms with van der Waals surface area (Å²) in [7, 11) is 3.08. The van der Waals surface area contributed by atoms with E-state index in [4.69, 9.17) is 0 Å². The number of anilines is 1. The van der Waals surface area contributed by atoms with Crippen LogP contribution in [-0.4, -0.2) is 40.1 Å². The minimum Gasteiger partial charge on any atom is -0.467 e. The fraction of sp³-hybridized carbons (Fsp3) is 0.667. The molecule has 0 radical (unpaired) electrons. The van der Waals surface area contributed by atoms with Gasteiger partial charge in [0.2, 0.25) is 0 Å². The van der Waals surface area contributed by atoms with Crippen LogP contribution in [-0.2, 0) is 16.6 Å². The molecule has 0 fully saturated rings. The Morgan fingerprint density at radius 2 is 2.28 bits per heavy atom. The lowest BCUT2D eigenvalue weighted by Gasteiger charge is -2.21. The van der Waals surface area contributed by atoms with Crippen LogP contribution in [0.3, 0.4) is 0 Å². The quantitative estimate of drug-likeness (QED) is 0.764. The number of nitrogens with zero attached hydrogens (tertiary/aromatic N) is 2. The molecule has 0 amide bonds. The summed E-state index contributed by atoms with van der Waals surface area (Å²) < 4.78 is 6.24. The van der Waals surface area contributed by atoms with E-state index in [1.54, 1.807) is 4.68 Å². The van der Waals surface area contributed by atoms with Crippen LogP contribution in [0.1, 0.15) is 32.4 Å². The number of hydrogen-bond acceptors (Lipinski definition) is 5. The Kier molecular flexibility index (Phi) is 4.34. The number of aromatic nitrogens is 2. The Bertz CT molecular complexity index is 424. The Hall–Kier alpha value is -1.56. The molecule has 1 aromatic rings. The van der Waals surface area contributed by atoms with Crippen molar-refractivity contribution in [2.75, 3.05) is 19.0 Å². The standard InChI is InChI=1S/C12H21N3O3/c1-8(2)10-9(6-15(4)14-10)13-7-12(3,17)11(16)18-5/h6,8,13,17H,7H2,1-5H3. The van der Waals surface area contributed by atoms with Gasteiger partial charge in [0.15, 0.2) is 5.60 Å². The van der Waals surface area contributed by atoms with Gasteiger partial charge in [0, 0.05) is 13.2 Å². The number of carbonyl (C=O) groups excluding carboxylic acids is 1. The zero-order valence-corrected chi connectivity index (χ0v) is 11.5. The molecule has 1 aromatic heterocycles. The molecule has 0 aromatic carbocycles. The number of ether oxygens (including phenoxy) is 1. The summed E-state index contributed by atoms with van der Waals surface area (Å²) in [5.41, 5.74) is 0.161. The molecule has 0 saturated heterocycles. The molecule has 1 rings (SSSR count).